The van der Waals surface area contributed by atoms with Crippen molar-refractivity contribution in [3.63, 3.8) is 0 Å². The molecule has 0 atom stereocenters. The summed E-state index contributed by atoms with van der Waals surface area (Å²) in [4.78, 5) is 11.3. The molecule has 1 aromatic rings. The molecule has 0 saturated carbocycles. The van der Waals surface area contributed by atoms with Gasteiger partial charge >= 0.3 is 13.1 Å². The molecule has 4 nitrogen and oxygen atoms in total. The molecule has 1 saturated heterocycles. The Morgan fingerprint density at radius 1 is 1.14 bits per heavy atom. The molecule has 112 valence electrons. The van der Waals surface area contributed by atoms with E-state index in [1.54, 1.807) is 6.08 Å². The molecule has 5 heteroatoms. The van der Waals surface area contributed by atoms with Gasteiger partial charge in [0.2, 0.25) is 0 Å². The molecule has 1 fully saturated rings. The highest BCUT2D eigenvalue weighted by Crippen LogP contribution is 2.36. The van der Waals surface area contributed by atoms with Gasteiger partial charge in [-0.1, -0.05) is 24.3 Å². The fraction of sp³-hybridized carbons (Fsp3) is 0.438. The van der Waals surface area contributed by atoms with Crippen molar-refractivity contribution in [1.82, 2.24) is 0 Å². The lowest BCUT2D eigenvalue weighted by atomic mass is 9.76. The summed E-state index contributed by atoms with van der Waals surface area (Å²) in [6.45, 7) is 8.06. The van der Waals surface area contributed by atoms with E-state index in [1.165, 1.54) is 13.2 Å². The lowest BCUT2D eigenvalue weighted by molar-refractivity contribution is -0.134. The van der Waals surface area contributed by atoms with Crippen LogP contribution in [0.1, 0.15) is 33.3 Å². The Labute approximate surface area is 126 Å². The third-order valence-electron chi connectivity index (χ3n) is 4.10. The second kappa shape index (κ2) is 5.66. The summed E-state index contributed by atoms with van der Waals surface area (Å²) in [6, 6.07) is 7.69. The number of hydrogen-bond acceptors (Lipinski definition) is 4. The number of hydrogen-bond donors (Lipinski definition) is 0. The van der Waals surface area contributed by atoms with E-state index < -0.39 is 24.3 Å². The number of esters is 1. The largest absolute Gasteiger partial charge is 0.495 e. The van der Waals surface area contributed by atoms with E-state index in [0.29, 0.717) is 0 Å². The predicted molar refractivity (Wildman–Crippen MR) is 83.2 cm³/mol. The van der Waals surface area contributed by atoms with E-state index in [9.17, 15) is 4.79 Å². The number of ether oxygens (including phenoxy) is 1. The minimum atomic E-state index is -0.450. The maximum Gasteiger partial charge on any atom is 0.495 e. The third kappa shape index (κ3) is 3.19. The summed E-state index contributed by atoms with van der Waals surface area (Å²) in [6.07, 6.45) is 3.11. The maximum atomic E-state index is 11.3. The van der Waals surface area contributed by atoms with Gasteiger partial charge in [0.25, 0.3) is 0 Å². The standard InChI is InChI=1S/C16H21BO4/c1-15(2)16(3,4)21-17(20-15)13-9-7-6-8-12(13)10-11-14(18)19-5/h6-11H,1-5H3/b11-10+. The monoisotopic (exact) mass is 288 g/mol. The molecule has 0 bridgehead atoms. The number of carbonyl (C=O) groups is 1. The van der Waals surface area contributed by atoms with Crippen molar-refractivity contribution in [2.75, 3.05) is 7.11 Å². The van der Waals surface area contributed by atoms with Gasteiger partial charge in [-0.3, -0.25) is 0 Å². The van der Waals surface area contributed by atoms with Gasteiger partial charge in [-0.25, -0.2) is 4.79 Å². The first-order valence-corrected chi connectivity index (χ1v) is 6.97. The highest BCUT2D eigenvalue weighted by molar-refractivity contribution is 6.63. The van der Waals surface area contributed by atoms with Gasteiger partial charge in [-0.15, -0.1) is 0 Å². The Hall–Kier alpha value is -1.59. The van der Waals surface area contributed by atoms with Gasteiger partial charge in [0.15, 0.2) is 0 Å². The van der Waals surface area contributed by atoms with Gasteiger partial charge in [0.1, 0.15) is 0 Å². The van der Waals surface area contributed by atoms with Crippen molar-refractivity contribution in [3.05, 3.63) is 35.9 Å². The van der Waals surface area contributed by atoms with E-state index >= 15 is 0 Å². The molecule has 1 heterocycles. The van der Waals surface area contributed by atoms with E-state index in [4.69, 9.17) is 9.31 Å². The molecule has 0 aromatic heterocycles. The van der Waals surface area contributed by atoms with Crippen LogP contribution < -0.4 is 5.46 Å². The van der Waals surface area contributed by atoms with Crippen molar-refractivity contribution in [1.29, 1.82) is 0 Å². The van der Waals surface area contributed by atoms with Crippen molar-refractivity contribution in [3.8, 4) is 0 Å². The lowest BCUT2D eigenvalue weighted by Gasteiger charge is -2.32. The van der Waals surface area contributed by atoms with Crippen LogP contribution in [-0.4, -0.2) is 31.4 Å². The zero-order valence-corrected chi connectivity index (χ0v) is 13.2. The van der Waals surface area contributed by atoms with E-state index in [1.807, 2.05) is 52.0 Å². The van der Waals surface area contributed by atoms with Crippen LogP contribution in [0.3, 0.4) is 0 Å². The fourth-order valence-corrected chi connectivity index (χ4v) is 2.07. The molecular formula is C16H21BO4. The first kappa shape index (κ1) is 15.8. The van der Waals surface area contributed by atoms with Crippen molar-refractivity contribution in [2.24, 2.45) is 0 Å². The van der Waals surface area contributed by atoms with Crippen LogP contribution in [0.4, 0.5) is 0 Å². The van der Waals surface area contributed by atoms with Crippen molar-refractivity contribution in [2.45, 2.75) is 38.9 Å². The lowest BCUT2D eigenvalue weighted by Crippen LogP contribution is -2.41. The Balaban J connectivity index is 2.30. The quantitative estimate of drug-likeness (QED) is 0.486. The summed E-state index contributed by atoms with van der Waals surface area (Å²) in [7, 11) is 0.904. The summed E-state index contributed by atoms with van der Waals surface area (Å²) in [5, 5.41) is 0. The summed E-state index contributed by atoms with van der Waals surface area (Å²) in [5.41, 5.74) is 0.992. The van der Waals surface area contributed by atoms with Crippen LogP contribution >= 0.6 is 0 Å². The van der Waals surface area contributed by atoms with Gasteiger partial charge in [0.05, 0.1) is 18.3 Å². The van der Waals surface area contributed by atoms with E-state index in [0.717, 1.165) is 11.0 Å². The summed E-state index contributed by atoms with van der Waals surface area (Å²) >= 11 is 0. The highest BCUT2D eigenvalue weighted by Gasteiger charge is 2.52. The first-order chi connectivity index (χ1) is 9.77. The molecule has 0 spiro atoms. The number of carbonyl (C=O) groups excluding carboxylic acids is 1. The molecule has 1 aliphatic heterocycles. The van der Waals surface area contributed by atoms with E-state index in [-0.39, 0.29) is 0 Å². The van der Waals surface area contributed by atoms with Crippen LogP contribution in [0.5, 0.6) is 0 Å². The molecular weight excluding hydrogens is 267 g/mol. The molecule has 2 rings (SSSR count). The zero-order valence-electron chi connectivity index (χ0n) is 13.2. The maximum absolute atomic E-state index is 11.3. The Kier molecular flexibility index (Phi) is 4.26. The normalized spacial score (nSPS) is 20.0. The Bertz CT molecular complexity index is 547. The minimum Gasteiger partial charge on any atom is -0.466 e. The van der Waals surface area contributed by atoms with Crippen LogP contribution in [0, 0.1) is 0 Å². The number of methoxy groups -OCH3 is 1. The molecule has 0 unspecified atom stereocenters. The third-order valence-corrected chi connectivity index (χ3v) is 4.10. The summed E-state index contributed by atoms with van der Waals surface area (Å²) < 4.78 is 16.7. The van der Waals surface area contributed by atoms with Crippen LogP contribution in [0.2, 0.25) is 0 Å². The molecule has 0 amide bonds. The van der Waals surface area contributed by atoms with Crippen molar-refractivity contribution >= 4 is 24.6 Å². The smallest absolute Gasteiger partial charge is 0.466 e. The minimum absolute atomic E-state index is 0.390. The van der Waals surface area contributed by atoms with Gasteiger partial charge in [-0.2, -0.15) is 0 Å². The van der Waals surface area contributed by atoms with Crippen molar-refractivity contribution < 1.29 is 18.8 Å². The molecule has 1 aromatic carbocycles. The molecule has 0 N–H and O–H groups in total. The average molecular weight is 288 g/mol. The van der Waals surface area contributed by atoms with Crippen LogP contribution in [0.25, 0.3) is 6.08 Å². The zero-order chi connectivity index (χ0) is 15.7. The number of benzene rings is 1. The Morgan fingerprint density at radius 3 is 2.29 bits per heavy atom. The molecule has 1 aliphatic rings. The average Bonchev–Trinajstić information content (AvgIpc) is 2.65. The SMILES string of the molecule is COC(=O)/C=C/c1ccccc1B1OC(C)(C)C(C)(C)O1. The summed E-state index contributed by atoms with van der Waals surface area (Å²) in [5.74, 6) is -0.390. The molecule has 0 aliphatic carbocycles. The van der Waals surface area contributed by atoms with Gasteiger partial charge < -0.3 is 14.0 Å². The fourth-order valence-electron chi connectivity index (χ4n) is 2.07. The molecule has 0 radical (unpaired) electrons. The first-order valence-electron chi connectivity index (χ1n) is 6.97. The van der Waals surface area contributed by atoms with Crippen LogP contribution in [0.15, 0.2) is 30.3 Å². The second-order valence-electron chi connectivity index (χ2n) is 6.07. The van der Waals surface area contributed by atoms with Crippen LogP contribution in [-0.2, 0) is 18.8 Å². The predicted octanol–water partition coefficient (Wildman–Crippen LogP) is 2.17. The second-order valence-corrected chi connectivity index (χ2v) is 6.07. The van der Waals surface area contributed by atoms with E-state index in [2.05, 4.69) is 4.74 Å². The Morgan fingerprint density at radius 2 is 1.71 bits per heavy atom. The molecule has 21 heavy (non-hydrogen) atoms. The van der Waals surface area contributed by atoms with Gasteiger partial charge in [0, 0.05) is 6.08 Å². The topological polar surface area (TPSA) is 44.8 Å². The highest BCUT2D eigenvalue weighted by atomic mass is 16.7. The van der Waals surface area contributed by atoms with Gasteiger partial charge in [-0.05, 0) is 44.8 Å². The number of rotatable bonds is 3.